The molecular formula is C60H57Cl2F3N16O10S2. The number of ether oxygens (including phenoxy) is 3. The van der Waals surface area contributed by atoms with E-state index in [0.29, 0.717) is 81.6 Å². The van der Waals surface area contributed by atoms with E-state index in [2.05, 4.69) is 56.0 Å². The number of anilines is 9. The number of aryl methyl sites for hydroxylation is 4. The van der Waals surface area contributed by atoms with Crippen molar-refractivity contribution in [1.29, 1.82) is 0 Å². The van der Waals surface area contributed by atoms with Gasteiger partial charge in [0.1, 0.15) is 71.4 Å². The number of rotatable bonds is 19. The summed E-state index contributed by atoms with van der Waals surface area (Å²) >= 11 is 11.4. The molecule has 6 heterocycles. The van der Waals surface area contributed by atoms with Gasteiger partial charge in [0, 0.05) is 60.7 Å². The largest absolute Gasteiger partial charge is 0.487 e. The van der Waals surface area contributed by atoms with Crippen molar-refractivity contribution in [2.24, 2.45) is 10.3 Å². The molecule has 0 saturated carbocycles. The number of benzene rings is 5. The van der Waals surface area contributed by atoms with E-state index in [9.17, 15) is 30.0 Å². The number of nitrogen functional groups attached to an aromatic ring is 1. The van der Waals surface area contributed by atoms with E-state index in [1.165, 1.54) is 24.3 Å². The molecule has 6 aromatic heterocycles. The van der Waals surface area contributed by atoms with Gasteiger partial charge in [-0.15, -0.1) is 0 Å². The maximum absolute atomic E-state index is 14.6. The van der Waals surface area contributed by atoms with Gasteiger partial charge in [-0.3, -0.25) is 0 Å². The lowest BCUT2D eigenvalue weighted by molar-refractivity contribution is 0.287. The number of hydrogen-bond acceptors (Lipinski definition) is 24. The molecule has 484 valence electrons. The summed E-state index contributed by atoms with van der Waals surface area (Å²) in [4.78, 5) is 26.2. The van der Waals surface area contributed by atoms with Crippen molar-refractivity contribution in [3.05, 3.63) is 220 Å². The molecule has 11 rings (SSSR count). The molecule has 0 aliphatic heterocycles. The maximum Gasteiger partial charge on any atom is 0.238 e. The van der Waals surface area contributed by atoms with Gasteiger partial charge in [-0.05, 0) is 160 Å². The zero-order valence-electron chi connectivity index (χ0n) is 50.0. The maximum atomic E-state index is 14.6. The van der Waals surface area contributed by atoms with Crippen molar-refractivity contribution >= 4 is 95.1 Å². The third-order valence-electron chi connectivity index (χ3n) is 12.5. The van der Waals surface area contributed by atoms with Gasteiger partial charge in [0.05, 0.1) is 28.4 Å². The number of aromatic nitrogens is 9. The molecule has 33 heteroatoms. The third kappa shape index (κ3) is 20.3. The molecule has 0 saturated heterocycles. The summed E-state index contributed by atoms with van der Waals surface area (Å²) in [6, 6.07) is 37.0. The third-order valence-corrected chi connectivity index (χ3v) is 14.8. The highest BCUT2D eigenvalue weighted by Gasteiger charge is 2.18. The Balaban J connectivity index is 0.000000169. The lowest BCUT2D eigenvalue weighted by Gasteiger charge is -2.20. The summed E-state index contributed by atoms with van der Waals surface area (Å²) in [7, 11) is -4.16. The first-order valence-corrected chi connectivity index (χ1v) is 30.9. The monoisotopic (exact) mass is 1350 g/mol. The van der Waals surface area contributed by atoms with Gasteiger partial charge in [-0.25, -0.2) is 55.2 Å². The molecule has 0 unspecified atom stereocenters. The molecule has 11 aromatic rings. The standard InChI is InChI=1S/C23H23FN6O4S.C16H14ClFN4O2.C15H12ClFN4O2.C6H8N2O2S/c1-14-4-5-16(11-21(14)35(25,31)32)27-23-26-12-20(24)22(28-23)30(3)18-6-8-19(9-7-18)33-13-17-10-15(2)34-29-17;1-10-7-11(21-24-10)9-23-13-5-3-12(4-6-13)22(2)15-14(18)8-19-16(17)20-15;1-9-6-11(21-23-9)8-22-12-4-2-10(3-5-12)19-14-13(17)7-18-15(16)20-14;7-5-2-1-3-6(4-5)11(8,9)10/h4-12H,13H2,1-3H3,(H2,25,31,32)(H,26,27,28);3-8H,9H2,1-2H3;2-7H,8H2,1H3,(H,18,19,20);1-4H,7H2,(H2,8,9,10). The minimum absolute atomic E-state index is 0.0109. The van der Waals surface area contributed by atoms with E-state index in [0.717, 1.165) is 35.8 Å². The Bertz CT molecular complexity index is 4560. The Morgan fingerprint density at radius 3 is 1.40 bits per heavy atom. The number of primary sulfonamides is 2. The van der Waals surface area contributed by atoms with Gasteiger partial charge < -0.3 is 53.9 Å². The van der Waals surface area contributed by atoms with Gasteiger partial charge in [0.25, 0.3) is 0 Å². The molecule has 0 bridgehead atoms. The molecule has 0 aliphatic rings. The molecule has 0 spiro atoms. The highest BCUT2D eigenvalue weighted by Crippen LogP contribution is 2.31. The van der Waals surface area contributed by atoms with Crippen LogP contribution in [-0.2, 0) is 39.9 Å². The van der Waals surface area contributed by atoms with E-state index < -0.39 is 37.5 Å². The number of nitrogens with one attached hydrogen (secondary N) is 2. The first-order chi connectivity index (χ1) is 44.2. The lowest BCUT2D eigenvalue weighted by atomic mass is 10.2. The molecule has 93 heavy (non-hydrogen) atoms. The Kier molecular flexibility index (Phi) is 22.9. The van der Waals surface area contributed by atoms with Crippen LogP contribution in [0, 0.1) is 45.1 Å². The van der Waals surface area contributed by atoms with Gasteiger partial charge in [0.15, 0.2) is 34.9 Å². The van der Waals surface area contributed by atoms with Gasteiger partial charge in [0.2, 0.25) is 36.6 Å². The number of nitrogens with zero attached hydrogens (tertiary/aromatic N) is 11. The normalized spacial score (nSPS) is 11.0. The Morgan fingerprint density at radius 1 is 0.516 bits per heavy atom. The number of nitrogens with two attached hydrogens (primary N) is 3. The minimum atomic E-state index is -3.90. The summed E-state index contributed by atoms with van der Waals surface area (Å²) in [6.45, 7) is 7.94. The predicted octanol–water partition coefficient (Wildman–Crippen LogP) is 11.7. The van der Waals surface area contributed by atoms with Crippen LogP contribution in [0.15, 0.2) is 175 Å². The van der Waals surface area contributed by atoms with Gasteiger partial charge >= 0.3 is 0 Å². The van der Waals surface area contributed by atoms with Crippen LogP contribution in [0.2, 0.25) is 10.6 Å². The van der Waals surface area contributed by atoms with Crippen molar-refractivity contribution in [3.63, 3.8) is 0 Å². The predicted molar refractivity (Wildman–Crippen MR) is 340 cm³/mol. The number of sulfonamides is 2. The summed E-state index contributed by atoms with van der Waals surface area (Å²) in [5.74, 6) is 2.53. The van der Waals surface area contributed by atoms with Crippen molar-refractivity contribution in [3.8, 4) is 17.2 Å². The summed E-state index contributed by atoms with van der Waals surface area (Å²) < 4.78 is 119. The van der Waals surface area contributed by atoms with Crippen LogP contribution in [0.25, 0.3) is 0 Å². The zero-order valence-corrected chi connectivity index (χ0v) is 53.1. The lowest BCUT2D eigenvalue weighted by Crippen LogP contribution is -2.15. The quantitative estimate of drug-likeness (QED) is 0.0371. The first kappa shape index (κ1) is 68.5. The van der Waals surface area contributed by atoms with Crippen molar-refractivity contribution < 1.29 is 57.8 Å². The van der Waals surface area contributed by atoms with Crippen molar-refractivity contribution in [2.75, 3.05) is 40.3 Å². The fourth-order valence-corrected chi connectivity index (χ4v) is 9.58. The minimum Gasteiger partial charge on any atom is -0.487 e. The molecule has 0 atom stereocenters. The fraction of sp³-hybridized carbons (Fsp3) is 0.150. The number of hydrogen-bond donors (Lipinski definition) is 5. The van der Waals surface area contributed by atoms with Crippen LogP contribution in [0.5, 0.6) is 17.2 Å². The average Bonchev–Trinajstić information content (AvgIpc) is 2.18. The summed E-state index contributed by atoms with van der Waals surface area (Å²) in [5, 5.41) is 27.4. The first-order valence-electron chi connectivity index (χ1n) is 27.1. The highest BCUT2D eigenvalue weighted by atomic mass is 35.5. The summed E-state index contributed by atoms with van der Waals surface area (Å²) in [5.41, 5.74) is 10.7. The topological polar surface area (TPSA) is 360 Å². The fourth-order valence-electron chi connectivity index (χ4n) is 7.94. The van der Waals surface area contributed by atoms with Crippen LogP contribution in [0.1, 0.15) is 39.9 Å². The van der Waals surface area contributed by atoms with E-state index in [1.807, 2.05) is 19.9 Å². The van der Waals surface area contributed by atoms with Crippen molar-refractivity contribution in [1.82, 2.24) is 45.4 Å². The number of halogens is 5. The SMILES string of the molecule is Cc1cc(COc2ccc(N(C)c3nc(Cl)ncc3F)cc2)no1.Cc1cc(COc2ccc(N(C)c3nc(Nc4ccc(C)c(S(N)(=O)=O)c4)ncc3F)cc2)no1.Cc1cc(COc2ccc(Nc3nc(Cl)ncc3F)cc2)no1.Nc1cccc(S(N)(=O)=O)c1. The van der Waals surface area contributed by atoms with E-state index in [-0.39, 0.29) is 50.4 Å². The molecule has 8 N–H and O–H groups in total. The van der Waals surface area contributed by atoms with E-state index in [4.69, 9.17) is 67.0 Å². The van der Waals surface area contributed by atoms with Crippen LogP contribution in [-0.4, -0.2) is 76.3 Å². The van der Waals surface area contributed by atoms with Crippen LogP contribution in [0.4, 0.5) is 65.0 Å². The smallest absolute Gasteiger partial charge is 0.238 e. The van der Waals surface area contributed by atoms with E-state index >= 15 is 0 Å². The van der Waals surface area contributed by atoms with E-state index in [1.54, 1.807) is 141 Å². The average molecular weight is 1350 g/mol. The second-order valence-corrected chi connectivity index (χ2v) is 23.5. The Labute approximate surface area is 540 Å². The zero-order chi connectivity index (χ0) is 67.0. The molecule has 0 fully saturated rings. The Morgan fingerprint density at radius 2 is 0.957 bits per heavy atom. The van der Waals surface area contributed by atoms with Crippen molar-refractivity contribution in [2.45, 2.75) is 57.3 Å². The second-order valence-electron chi connectivity index (χ2n) is 19.7. The molecular weight excluding hydrogens is 1300 g/mol. The van der Waals surface area contributed by atoms with Gasteiger partial charge in [-0.1, -0.05) is 27.6 Å². The molecule has 0 amide bonds. The van der Waals surface area contributed by atoms with Crippen LogP contribution < -0.4 is 50.7 Å². The Hall–Kier alpha value is -10.4. The molecule has 0 aliphatic carbocycles. The second kappa shape index (κ2) is 31.1. The van der Waals surface area contributed by atoms with Crippen LogP contribution in [0.3, 0.4) is 0 Å². The van der Waals surface area contributed by atoms with Crippen LogP contribution >= 0.6 is 23.2 Å². The molecule has 0 radical (unpaired) electrons. The molecule has 26 nitrogen and oxygen atoms in total. The summed E-state index contributed by atoms with van der Waals surface area (Å²) in [6.07, 6.45) is 3.08. The highest BCUT2D eigenvalue weighted by molar-refractivity contribution is 7.89. The van der Waals surface area contributed by atoms with Gasteiger partial charge in [-0.2, -0.15) is 15.0 Å². The molecule has 5 aromatic carbocycles.